The topological polar surface area (TPSA) is 31.1 Å². The van der Waals surface area contributed by atoms with Crippen LogP contribution in [-0.2, 0) is 6.42 Å². The monoisotopic (exact) mass is 459 g/mol. The number of likely N-dealkylation sites (tertiary alicyclic amines) is 1. The van der Waals surface area contributed by atoms with Gasteiger partial charge in [-0.3, -0.25) is 4.90 Å². The van der Waals surface area contributed by atoms with Crippen molar-refractivity contribution in [2.45, 2.75) is 65.0 Å². The lowest BCUT2D eigenvalue weighted by Gasteiger charge is -2.18. The van der Waals surface area contributed by atoms with Gasteiger partial charge in [-0.1, -0.05) is 39.3 Å². The van der Waals surface area contributed by atoms with Gasteiger partial charge in [0, 0.05) is 41.3 Å². The van der Waals surface area contributed by atoms with Crippen molar-refractivity contribution >= 4 is 16.6 Å². The largest absolute Gasteiger partial charge is 0.401 e. The number of nitrogens with zero attached hydrogens (tertiary/aromatic N) is 1. The maximum absolute atomic E-state index is 12.0. The highest BCUT2D eigenvalue weighted by atomic mass is 19.4. The molecule has 180 valence electrons. The first kappa shape index (κ1) is 22.8. The summed E-state index contributed by atoms with van der Waals surface area (Å²) in [7, 11) is 0. The Morgan fingerprint density at radius 1 is 1.21 bits per heavy atom. The second kappa shape index (κ2) is 8.07. The molecule has 3 aliphatic carbocycles. The van der Waals surface area contributed by atoms with E-state index in [2.05, 4.69) is 55.1 Å². The van der Waals surface area contributed by atoms with Crippen molar-refractivity contribution in [1.29, 1.82) is 0 Å². The lowest BCUT2D eigenvalue weighted by atomic mass is 10.0. The van der Waals surface area contributed by atoms with Gasteiger partial charge in [-0.25, -0.2) is 0 Å². The van der Waals surface area contributed by atoms with Crippen molar-refractivity contribution in [2.75, 3.05) is 25.0 Å². The van der Waals surface area contributed by atoms with Crippen LogP contribution in [0.2, 0.25) is 0 Å². The van der Waals surface area contributed by atoms with Crippen LogP contribution in [0.4, 0.5) is 18.9 Å². The average molecular weight is 460 g/mol. The molecule has 1 aromatic carbocycles. The fraction of sp³-hybridized carbons (Fsp3) is 0.630. The van der Waals surface area contributed by atoms with Crippen LogP contribution in [-0.4, -0.2) is 35.7 Å². The molecule has 0 radical (unpaired) electrons. The van der Waals surface area contributed by atoms with Gasteiger partial charge in [0.1, 0.15) is 0 Å². The van der Waals surface area contributed by atoms with Crippen molar-refractivity contribution < 1.29 is 13.2 Å². The minimum absolute atomic E-state index is 0.414. The highest BCUT2D eigenvalue weighted by Gasteiger charge is 2.81. The van der Waals surface area contributed by atoms with Crippen molar-refractivity contribution in [3.8, 4) is 0 Å². The third-order valence-corrected chi connectivity index (χ3v) is 8.64. The van der Waals surface area contributed by atoms with E-state index >= 15 is 0 Å². The Labute approximate surface area is 194 Å². The summed E-state index contributed by atoms with van der Waals surface area (Å²) >= 11 is 0. The first-order valence-electron chi connectivity index (χ1n) is 12.5. The number of hydrogen-bond donors (Lipinski definition) is 2. The normalized spacial score (nSPS) is 32.2. The molecule has 4 fully saturated rings. The van der Waals surface area contributed by atoms with Gasteiger partial charge in [0.2, 0.25) is 0 Å². The molecule has 1 aromatic heterocycles. The van der Waals surface area contributed by atoms with Crippen LogP contribution in [0.1, 0.15) is 57.9 Å². The van der Waals surface area contributed by atoms with Gasteiger partial charge in [-0.2, -0.15) is 13.2 Å². The van der Waals surface area contributed by atoms with Gasteiger partial charge >= 0.3 is 6.18 Å². The second-order valence-electron chi connectivity index (χ2n) is 11.2. The highest BCUT2D eigenvalue weighted by molar-refractivity contribution is 5.93. The summed E-state index contributed by atoms with van der Waals surface area (Å²) < 4.78 is 36.1. The molecular weight excluding hydrogens is 423 g/mol. The lowest BCUT2D eigenvalue weighted by Crippen LogP contribution is -2.33. The Balaban J connectivity index is 0.000000152. The summed E-state index contributed by atoms with van der Waals surface area (Å²) in [6.07, 6.45) is 6.51. The number of H-pyrrole nitrogens is 1. The Kier molecular flexibility index (Phi) is 5.58. The molecule has 2 unspecified atom stereocenters. The van der Waals surface area contributed by atoms with Crippen LogP contribution < -0.4 is 5.32 Å². The molecule has 0 spiro atoms. The maximum atomic E-state index is 12.0. The minimum Gasteiger partial charge on any atom is -0.359 e. The van der Waals surface area contributed by atoms with E-state index in [4.69, 9.17) is 0 Å². The second-order valence-corrected chi connectivity index (χ2v) is 11.2. The van der Waals surface area contributed by atoms with E-state index in [1.807, 2.05) is 0 Å². The molecule has 2 heterocycles. The molecule has 0 amide bonds. The smallest absolute Gasteiger partial charge is 0.359 e. The number of hydrogen-bond acceptors (Lipinski definition) is 2. The number of allylic oxidation sites excluding steroid dienone is 1. The Morgan fingerprint density at radius 3 is 2.45 bits per heavy atom. The van der Waals surface area contributed by atoms with Crippen LogP contribution in [0.25, 0.3) is 10.9 Å². The van der Waals surface area contributed by atoms with Gasteiger partial charge in [-0.15, -0.1) is 0 Å². The van der Waals surface area contributed by atoms with Crippen LogP contribution in [0.5, 0.6) is 0 Å². The van der Waals surface area contributed by atoms with Gasteiger partial charge in [0.05, 0.1) is 12.2 Å². The number of nitrogens with one attached hydrogen (secondary N) is 2. The predicted octanol–water partition coefficient (Wildman–Crippen LogP) is 7.13. The van der Waals surface area contributed by atoms with E-state index in [1.165, 1.54) is 53.5 Å². The van der Waals surface area contributed by atoms with Crippen molar-refractivity contribution in [3.63, 3.8) is 0 Å². The molecule has 2 atom stereocenters. The molecule has 6 heteroatoms. The molecular formula is C27H36F3N3. The zero-order chi connectivity index (χ0) is 23.4. The zero-order valence-electron chi connectivity index (χ0n) is 19.8. The van der Waals surface area contributed by atoms with Crippen LogP contribution in [0.3, 0.4) is 0 Å². The van der Waals surface area contributed by atoms with Crippen molar-refractivity contribution in [3.05, 3.63) is 42.2 Å². The number of benzene rings is 1. The van der Waals surface area contributed by atoms with Gasteiger partial charge in [0.15, 0.2) is 0 Å². The molecule has 4 aliphatic rings. The van der Waals surface area contributed by atoms with Crippen LogP contribution in [0, 0.1) is 22.7 Å². The summed E-state index contributed by atoms with van der Waals surface area (Å²) in [6.45, 7) is 9.52. The fourth-order valence-electron chi connectivity index (χ4n) is 6.48. The Bertz CT molecular complexity index is 1020. The molecule has 3 saturated carbocycles. The standard InChI is InChI=1S/C18H22N2.C9H14F3N/c1-4-5-13-6-7-15-14(8-13)16(9-19-15)20-12(2)18-10-17(18,3)11-18;10-9(11,12)6-13-4-7-2-1-3-8(7)5-13/h6-9,19-20H,2,4-5,10-11H2,1,3H3;7-8H,1-6H2. The fourth-order valence-corrected chi connectivity index (χ4v) is 6.48. The van der Waals surface area contributed by atoms with Gasteiger partial charge in [0.25, 0.3) is 0 Å². The van der Waals surface area contributed by atoms with E-state index in [0.717, 1.165) is 19.3 Å². The minimum atomic E-state index is -4.02. The Hall–Kier alpha value is -1.95. The number of aromatic amines is 1. The van der Waals surface area contributed by atoms with E-state index < -0.39 is 12.7 Å². The quantitative estimate of drug-likeness (QED) is 0.482. The van der Waals surface area contributed by atoms with Crippen molar-refractivity contribution in [1.82, 2.24) is 9.88 Å². The number of anilines is 1. The lowest BCUT2D eigenvalue weighted by molar-refractivity contribution is -0.144. The summed E-state index contributed by atoms with van der Waals surface area (Å²) in [5.74, 6) is 1.12. The Morgan fingerprint density at radius 2 is 1.88 bits per heavy atom. The summed E-state index contributed by atoms with van der Waals surface area (Å²) in [5.41, 5.74) is 5.98. The number of alkyl halides is 3. The molecule has 1 saturated heterocycles. The zero-order valence-corrected chi connectivity index (χ0v) is 19.8. The highest BCUT2D eigenvalue weighted by Crippen LogP contribution is 2.88. The van der Waals surface area contributed by atoms with E-state index in [0.29, 0.717) is 35.8 Å². The van der Waals surface area contributed by atoms with Gasteiger partial charge in [-0.05, 0) is 67.1 Å². The third kappa shape index (κ3) is 4.43. The van der Waals surface area contributed by atoms with E-state index in [1.54, 1.807) is 4.90 Å². The summed E-state index contributed by atoms with van der Waals surface area (Å²) in [4.78, 5) is 4.92. The molecule has 33 heavy (non-hydrogen) atoms. The first-order chi connectivity index (χ1) is 15.6. The molecule has 6 rings (SSSR count). The molecule has 3 nitrogen and oxygen atoms in total. The van der Waals surface area contributed by atoms with Crippen LogP contribution >= 0.6 is 0 Å². The summed E-state index contributed by atoms with van der Waals surface area (Å²) in [5, 5.41) is 4.87. The number of fused-ring (bicyclic) bond motifs is 3. The maximum Gasteiger partial charge on any atom is 0.401 e. The summed E-state index contributed by atoms with van der Waals surface area (Å²) in [6, 6.07) is 6.71. The molecule has 1 aliphatic heterocycles. The van der Waals surface area contributed by atoms with E-state index in [9.17, 15) is 13.2 Å². The molecule has 0 bridgehead atoms. The first-order valence-corrected chi connectivity index (χ1v) is 12.5. The molecule has 2 N–H and O–H groups in total. The van der Waals surface area contributed by atoms with E-state index in [-0.39, 0.29) is 0 Å². The van der Waals surface area contributed by atoms with Crippen molar-refractivity contribution in [2.24, 2.45) is 22.7 Å². The number of aryl methyl sites for hydroxylation is 1. The number of rotatable bonds is 6. The average Bonchev–Trinajstić information content (AvgIpc) is 3.17. The van der Waals surface area contributed by atoms with Gasteiger partial charge < -0.3 is 10.3 Å². The SMILES string of the molecule is C=C(Nc1c[nH]c2ccc(CCC)cc12)C12CC1(C)C2.FC(F)(F)CN1CC2CCCC2C1. The third-order valence-electron chi connectivity index (χ3n) is 8.64. The molecule has 2 aromatic rings. The number of halogens is 3. The number of aromatic nitrogens is 1. The predicted molar refractivity (Wildman–Crippen MR) is 128 cm³/mol. The van der Waals surface area contributed by atoms with Crippen LogP contribution in [0.15, 0.2) is 36.7 Å².